The van der Waals surface area contributed by atoms with Gasteiger partial charge in [-0.25, -0.2) is 4.68 Å². The summed E-state index contributed by atoms with van der Waals surface area (Å²) >= 11 is 0. The molecular weight excluding hydrogens is 258 g/mol. The lowest BCUT2D eigenvalue weighted by Crippen LogP contribution is -2.18. The van der Waals surface area contributed by atoms with E-state index in [4.69, 9.17) is 5.11 Å². The second-order valence-corrected chi connectivity index (χ2v) is 5.09. The van der Waals surface area contributed by atoms with Gasteiger partial charge in [-0.1, -0.05) is 0 Å². The molecule has 2 aromatic rings. The molecule has 2 aromatic heterocycles. The van der Waals surface area contributed by atoms with E-state index >= 15 is 0 Å². The molecule has 1 fully saturated rings. The van der Waals surface area contributed by atoms with Crippen LogP contribution < -0.4 is 0 Å². The van der Waals surface area contributed by atoms with Crippen LogP contribution in [0, 0.1) is 12.8 Å². The highest BCUT2D eigenvalue weighted by Gasteiger charge is 2.36. The van der Waals surface area contributed by atoms with Crippen LogP contribution in [0.25, 0.3) is 11.4 Å². The molecule has 0 radical (unpaired) electrons. The first-order valence-corrected chi connectivity index (χ1v) is 6.58. The molecule has 1 N–H and O–H groups in total. The minimum atomic E-state index is -0.828. The molecule has 1 aliphatic carbocycles. The van der Waals surface area contributed by atoms with Crippen LogP contribution >= 0.6 is 0 Å². The van der Waals surface area contributed by atoms with E-state index in [-0.39, 0.29) is 12.5 Å². The molecule has 1 saturated carbocycles. The van der Waals surface area contributed by atoms with Crippen molar-refractivity contribution in [3.8, 4) is 11.4 Å². The lowest BCUT2D eigenvalue weighted by Gasteiger charge is -2.16. The summed E-state index contributed by atoms with van der Waals surface area (Å²) in [6.45, 7) is 1.89. The minimum absolute atomic E-state index is 0.0437. The maximum absolute atomic E-state index is 11.1. The average Bonchev–Trinajstić information content (AvgIpc) is 3.14. The number of carbonyl (C=O) groups is 1. The van der Waals surface area contributed by atoms with E-state index in [1.165, 1.54) is 0 Å². The zero-order chi connectivity index (χ0) is 14.1. The van der Waals surface area contributed by atoms with E-state index in [2.05, 4.69) is 20.5 Å². The molecule has 0 aliphatic heterocycles. The zero-order valence-corrected chi connectivity index (χ0v) is 11.1. The van der Waals surface area contributed by atoms with Gasteiger partial charge in [0.15, 0.2) is 5.82 Å². The van der Waals surface area contributed by atoms with Gasteiger partial charge in [0.25, 0.3) is 0 Å². The van der Waals surface area contributed by atoms with E-state index in [1.54, 1.807) is 10.9 Å². The first-order chi connectivity index (χ1) is 9.66. The maximum atomic E-state index is 11.1. The first-order valence-electron chi connectivity index (χ1n) is 6.58. The van der Waals surface area contributed by atoms with Crippen LogP contribution in [0.15, 0.2) is 18.3 Å². The molecule has 0 bridgehead atoms. The number of hydrogen-bond acceptors (Lipinski definition) is 5. The summed E-state index contributed by atoms with van der Waals surface area (Å²) in [5.41, 5.74) is 1.67. The zero-order valence-electron chi connectivity index (χ0n) is 11.1. The van der Waals surface area contributed by atoms with E-state index in [9.17, 15) is 4.79 Å². The molecule has 1 aliphatic rings. The fourth-order valence-corrected chi connectivity index (χ4v) is 2.43. The molecule has 104 valence electrons. The van der Waals surface area contributed by atoms with Gasteiger partial charge < -0.3 is 5.11 Å². The Hall–Kier alpha value is -2.31. The number of carboxylic acid groups (broad SMARTS) is 1. The van der Waals surface area contributed by atoms with E-state index in [0.717, 1.165) is 24.1 Å². The van der Waals surface area contributed by atoms with Crippen LogP contribution in [-0.4, -0.2) is 36.3 Å². The van der Waals surface area contributed by atoms with Crippen molar-refractivity contribution in [2.24, 2.45) is 5.92 Å². The Morgan fingerprint density at radius 3 is 3.00 bits per heavy atom. The summed E-state index contributed by atoms with van der Waals surface area (Å²) in [5.74, 6) is 0.116. The molecule has 20 heavy (non-hydrogen) atoms. The van der Waals surface area contributed by atoms with Crippen LogP contribution in [0.3, 0.4) is 0 Å². The molecule has 7 heteroatoms. The standard InChI is InChI=1S/C13H15N5O2/c1-8-10(3-2-6-14-8)13-15-16-17-18(13)11(7-12(19)20)9-4-5-9/h2-3,6,9,11H,4-5,7H2,1H3,(H,19,20). The molecule has 0 amide bonds. The third-order valence-electron chi connectivity index (χ3n) is 3.60. The summed E-state index contributed by atoms with van der Waals surface area (Å²) in [6.07, 6.45) is 3.82. The molecule has 0 aromatic carbocycles. The van der Waals surface area contributed by atoms with Gasteiger partial charge in [0, 0.05) is 17.5 Å². The van der Waals surface area contributed by atoms with E-state index < -0.39 is 5.97 Å². The lowest BCUT2D eigenvalue weighted by molar-refractivity contribution is -0.138. The molecule has 2 heterocycles. The number of hydrogen-bond donors (Lipinski definition) is 1. The number of aryl methyl sites for hydroxylation is 1. The van der Waals surface area contributed by atoms with Crippen LogP contribution in [0.5, 0.6) is 0 Å². The SMILES string of the molecule is Cc1ncccc1-c1nnnn1C(CC(=O)O)C1CC1. The Labute approximate surface area is 115 Å². The van der Waals surface area contributed by atoms with Crippen molar-refractivity contribution in [2.45, 2.75) is 32.2 Å². The molecule has 3 rings (SSSR count). The van der Waals surface area contributed by atoms with Crippen molar-refractivity contribution in [3.63, 3.8) is 0 Å². The van der Waals surface area contributed by atoms with Crippen LogP contribution in [0.4, 0.5) is 0 Å². The maximum Gasteiger partial charge on any atom is 0.305 e. The highest BCUT2D eigenvalue weighted by atomic mass is 16.4. The predicted molar refractivity (Wildman–Crippen MR) is 69.8 cm³/mol. The van der Waals surface area contributed by atoms with Crippen molar-refractivity contribution >= 4 is 5.97 Å². The second kappa shape index (κ2) is 4.99. The monoisotopic (exact) mass is 273 g/mol. The molecule has 1 unspecified atom stereocenters. The minimum Gasteiger partial charge on any atom is -0.481 e. The van der Waals surface area contributed by atoms with Crippen molar-refractivity contribution < 1.29 is 9.90 Å². The molecule has 7 nitrogen and oxygen atoms in total. The molecule has 1 atom stereocenters. The fourth-order valence-electron chi connectivity index (χ4n) is 2.43. The third kappa shape index (κ3) is 2.38. The highest BCUT2D eigenvalue weighted by molar-refractivity contribution is 5.67. The Morgan fingerprint density at radius 2 is 2.35 bits per heavy atom. The van der Waals surface area contributed by atoms with Gasteiger partial charge in [-0.3, -0.25) is 9.78 Å². The van der Waals surface area contributed by atoms with Gasteiger partial charge in [-0.2, -0.15) is 0 Å². The Kier molecular flexibility index (Phi) is 3.17. The number of aliphatic carboxylic acids is 1. The normalized spacial score (nSPS) is 16.1. The molecule has 0 saturated heterocycles. The summed E-state index contributed by atoms with van der Waals surface area (Å²) in [4.78, 5) is 15.3. The fraction of sp³-hybridized carbons (Fsp3) is 0.462. The van der Waals surface area contributed by atoms with Crippen molar-refractivity contribution in [2.75, 3.05) is 0 Å². The average molecular weight is 273 g/mol. The van der Waals surface area contributed by atoms with Gasteiger partial charge in [0.05, 0.1) is 12.5 Å². The van der Waals surface area contributed by atoms with E-state index in [0.29, 0.717) is 11.7 Å². The number of pyridine rings is 1. The first kappa shape index (κ1) is 12.7. The van der Waals surface area contributed by atoms with E-state index in [1.807, 2.05) is 19.1 Å². The third-order valence-corrected chi connectivity index (χ3v) is 3.60. The lowest BCUT2D eigenvalue weighted by atomic mass is 10.1. The quantitative estimate of drug-likeness (QED) is 0.886. The number of aromatic nitrogens is 5. The number of nitrogens with zero attached hydrogens (tertiary/aromatic N) is 5. The highest BCUT2D eigenvalue weighted by Crippen LogP contribution is 2.42. The Morgan fingerprint density at radius 1 is 1.55 bits per heavy atom. The Bertz CT molecular complexity index is 635. The van der Waals surface area contributed by atoms with Gasteiger partial charge >= 0.3 is 5.97 Å². The second-order valence-electron chi connectivity index (χ2n) is 5.09. The summed E-state index contributed by atoms with van der Waals surface area (Å²) in [6, 6.07) is 3.54. The van der Waals surface area contributed by atoms with Gasteiger partial charge in [0.1, 0.15) is 0 Å². The number of rotatable bonds is 5. The van der Waals surface area contributed by atoms with Gasteiger partial charge in [-0.05, 0) is 48.2 Å². The number of tetrazole rings is 1. The van der Waals surface area contributed by atoms with Gasteiger partial charge in [-0.15, -0.1) is 5.10 Å². The van der Waals surface area contributed by atoms with Crippen LogP contribution in [0.1, 0.15) is 31.0 Å². The van der Waals surface area contributed by atoms with Crippen molar-refractivity contribution in [1.82, 2.24) is 25.2 Å². The summed E-state index contributed by atoms with van der Waals surface area (Å²) in [7, 11) is 0. The molecular formula is C13H15N5O2. The smallest absolute Gasteiger partial charge is 0.305 e. The van der Waals surface area contributed by atoms with Crippen molar-refractivity contribution in [3.05, 3.63) is 24.0 Å². The summed E-state index contributed by atoms with van der Waals surface area (Å²) in [5, 5.41) is 20.9. The summed E-state index contributed by atoms with van der Waals surface area (Å²) < 4.78 is 1.65. The van der Waals surface area contributed by atoms with Crippen molar-refractivity contribution in [1.29, 1.82) is 0 Å². The largest absolute Gasteiger partial charge is 0.481 e. The Balaban J connectivity index is 2.00. The van der Waals surface area contributed by atoms with Gasteiger partial charge in [0.2, 0.25) is 0 Å². The van der Waals surface area contributed by atoms with Crippen LogP contribution in [-0.2, 0) is 4.79 Å². The van der Waals surface area contributed by atoms with Crippen LogP contribution in [0.2, 0.25) is 0 Å². The molecule has 0 spiro atoms. The topological polar surface area (TPSA) is 93.8 Å². The number of carboxylic acids is 1. The predicted octanol–water partition coefficient (Wildman–Crippen LogP) is 1.47.